The van der Waals surface area contributed by atoms with Crippen molar-refractivity contribution in [2.45, 2.75) is 38.8 Å². The summed E-state index contributed by atoms with van der Waals surface area (Å²) in [4.78, 5) is 0. The van der Waals surface area contributed by atoms with Crippen LogP contribution in [0.25, 0.3) is 6.08 Å². The summed E-state index contributed by atoms with van der Waals surface area (Å²) in [5.74, 6) is 0. The molecular formula is C17H28O2Si. The average Bonchev–Trinajstić information content (AvgIpc) is 2.48. The van der Waals surface area contributed by atoms with Crippen LogP contribution in [0.2, 0.25) is 12.1 Å². The Kier molecular flexibility index (Phi) is 9.29. The van der Waals surface area contributed by atoms with Crippen molar-refractivity contribution in [3.8, 4) is 0 Å². The Morgan fingerprint density at radius 3 is 2.45 bits per heavy atom. The van der Waals surface area contributed by atoms with Gasteiger partial charge in [0.05, 0.1) is 0 Å². The van der Waals surface area contributed by atoms with Crippen molar-refractivity contribution in [1.82, 2.24) is 0 Å². The zero-order valence-corrected chi connectivity index (χ0v) is 14.1. The summed E-state index contributed by atoms with van der Waals surface area (Å²) in [6, 6.07) is 10.9. The lowest BCUT2D eigenvalue weighted by atomic mass is 10.1. The quantitative estimate of drug-likeness (QED) is 0.452. The molecule has 112 valence electrons. The molecule has 0 N–H and O–H groups in total. The van der Waals surface area contributed by atoms with Crippen LogP contribution in [-0.4, -0.2) is 28.9 Å². The second kappa shape index (κ2) is 10.8. The van der Waals surface area contributed by atoms with Crippen molar-refractivity contribution in [3.63, 3.8) is 0 Å². The molecule has 0 bridgehead atoms. The Morgan fingerprint density at radius 2 is 1.85 bits per heavy atom. The molecule has 0 saturated heterocycles. The van der Waals surface area contributed by atoms with Gasteiger partial charge in [0.15, 0.2) is 9.04 Å². The summed E-state index contributed by atoms with van der Waals surface area (Å²) >= 11 is 0. The highest BCUT2D eigenvalue weighted by molar-refractivity contribution is 6.51. The van der Waals surface area contributed by atoms with Gasteiger partial charge in [0.1, 0.15) is 0 Å². The molecule has 2 nitrogen and oxygen atoms in total. The molecule has 0 spiro atoms. The average molecular weight is 292 g/mol. The molecule has 20 heavy (non-hydrogen) atoms. The van der Waals surface area contributed by atoms with E-state index in [1.54, 1.807) is 0 Å². The van der Waals surface area contributed by atoms with E-state index >= 15 is 0 Å². The number of hydrogen-bond donors (Lipinski definition) is 0. The summed E-state index contributed by atoms with van der Waals surface area (Å²) < 4.78 is 11.6. The van der Waals surface area contributed by atoms with Crippen LogP contribution in [0.4, 0.5) is 0 Å². The molecule has 0 radical (unpaired) electrons. The normalized spacial score (nSPS) is 12.3. The second-order valence-electron chi connectivity index (χ2n) is 4.96. The Labute approximate surface area is 125 Å². The van der Waals surface area contributed by atoms with E-state index in [2.05, 4.69) is 37.8 Å². The van der Waals surface area contributed by atoms with Gasteiger partial charge in [-0.3, -0.25) is 0 Å². The van der Waals surface area contributed by atoms with E-state index in [9.17, 15) is 0 Å². The largest absolute Gasteiger partial charge is 0.420 e. The first-order chi connectivity index (χ1) is 9.80. The molecule has 0 heterocycles. The minimum atomic E-state index is -1.06. The van der Waals surface area contributed by atoms with Crippen LogP contribution >= 0.6 is 0 Å². The number of rotatable bonds is 11. The highest BCUT2D eigenvalue weighted by Crippen LogP contribution is 2.09. The van der Waals surface area contributed by atoms with Crippen LogP contribution in [0, 0.1) is 0 Å². The number of hydrogen-bond acceptors (Lipinski definition) is 2. The van der Waals surface area contributed by atoms with E-state index < -0.39 is 9.04 Å². The maximum Gasteiger partial charge on any atom is 0.179 e. The van der Waals surface area contributed by atoms with E-state index in [0.717, 1.165) is 32.3 Å². The van der Waals surface area contributed by atoms with Gasteiger partial charge in [-0.2, -0.15) is 0 Å². The summed E-state index contributed by atoms with van der Waals surface area (Å²) in [5.41, 5.74) is 2.51. The standard InChI is InChI=1S/C17H28O2Si/c1-4-14-20(15-13-18-6-3)19-12-11-17-9-7-16(5-2)8-10-17/h5,7-10,20H,2,4,6,11-15H2,1,3H3. The van der Waals surface area contributed by atoms with Gasteiger partial charge in [-0.05, 0) is 36.6 Å². The van der Waals surface area contributed by atoms with Crippen molar-refractivity contribution in [2.24, 2.45) is 0 Å². The molecule has 1 aromatic carbocycles. The molecule has 0 aliphatic carbocycles. The summed E-state index contributed by atoms with van der Waals surface area (Å²) in [7, 11) is -1.06. The molecule has 1 rings (SSSR count). The molecule has 1 atom stereocenters. The molecule has 1 unspecified atom stereocenters. The third-order valence-electron chi connectivity index (χ3n) is 3.36. The van der Waals surface area contributed by atoms with E-state index in [1.165, 1.54) is 23.6 Å². The lowest BCUT2D eigenvalue weighted by Crippen LogP contribution is -2.21. The van der Waals surface area contributed by atoms with Crippen LogP contribution in [0.3, 0.4) is 0 Å². The van der Waals surface area contributed by atoms with E-state index in [0.29, 0.717) is 0 Å². The van der Waals surface area contributed by atoms with Crippen molar-refractivity contribution in [2.75, 3.05) is 19.8 Å². The van der Waals surface area contributed by atoms with Crippen molar-refractivity contribution >= 4 is 15.1 Å². The first kappa shape index (κ1) is 17.1. The molecule has 0 amide bonds. The molecule has 0 aliphatic rings. The molecule has 0 aromatic heterocycles. The minimum absolute atomic E-state index is 0.808. The zero-order valence-electron chi connectivity index (χ0n) is 12.9. The van der Waals surface area contributed by atoms with Crippen molar-refractivity contribution in [1.29, 1.82) is 0 Å². The van der Waals surface area contributed by atoms with Crippen LogP contribution in [-0.2, 0) is 15.6 Å². The zero-order chi connectivity index (χ0) is 14.6. The van der Waals surface area contributed by atoms with Gasteiger partial charge in [0, 0.05) is 19.8 Å². The Hall–Kier alpha value is -0.903. The summed E-state index contributed by atoms with van der Waals surface area (Å²) in [5, 5.41) is 0. The van der Waals surface area contributed by atoms with Gasteiger partial charge in [-0.25, -0.2) is 0 Å². The minimum Gasteiger partial charge on any atom is -0.420 e. The smallest absolute Gasteiger partial charge is 0.179 e. The fourth-order valence-corrected chi connectivity index (χ4v) is 4.30. The van der Waals surface area contributed by atoms with E-state index in [4.69, 9.17) is 9.16 Å². The van der Waals surface area contributed by atoms with Crippen LogP contribution in [0.5, 0.6) is 0 Å². The van der Waals surface area contributed by atoms with Gasteiger partial charge < -0.3 is 9.16 Å². The van der Waals surface area contributed by atoms with Crippen molar-refractivity contribution in [3.05, 3.63) is 42.0 Å². The molecule has 3 heteroatoms. The third-order valence-corrected chi connectivity index (χ3v) is 6.17. The van der Waals surface area contributed by atoms with Gasteiger partial charge in [-0.15, -0.1) is 0 Å². The number of ether oxygens (including phenoxy) is 1. The van der Waals surface area contributed by atoms with Crippen molar-refractivity contribution < 1.29 is 9.16 Å². The predicted molar refractivity (Wildman–Crippen MR) is 89.7 cm³/mol. The number of benzene rings is 1. The SMILES string of the molecule is C=Cc1ccc(CCO[SiH](CCC)CCOCC)cc1. The third kappa shape index (κ3) is 7.03. The molecular weight excluding hydrogens is 264 g/mol. The summed E-state index contributed by atoms with van der Waals surface area (Å²) in [6.45, 7) is 10.6. The lowest BCUT2D eigenvalue weighted by molar-refractivity contribution is 0.157. The first-order valence-corrected chi connectivity index (χ1v) is 9.81. The highest BCUT2D eigenvalue weighted by Gasteiger charge is 2.10. The molecule has 0 aliphatic heterocycles. The maximum absolute atomic E-state index is 6.13. The van der Waals surface area contributed by atoms with Crippen LogP contribution in [0.15, 0.2) is 30.8 Å². The Balaban J connectivity index is 2.29. The van der Waals surface area contributed by atoms with Gasteiger partial charge in [0.25, 0.3) is 0 Å². The molecule has 0 saturated carbocycles. The highest BCUT2D eigenvalue weighted by atomic mass is 28.3. The van der Waals surface area contributed by atoms with Gasteiger partial charge >= 0.3 is 0 Å². The molecule has 0 fully saturated rings. The molecule has 1 aromatic rings. The second-order valence-corrected chi connectivity index (χ2v) is 7.69. The lowest BCUT2D eigenvalue weighted by Gasteiger charge is -2.15. The Bertz CT molecular complexity index is 362. The summed E-state index contributed by atoms with van der Waals surface area (Å²) in [6.07, 6.45) is 4.09. The fraction of sp³-hybridized carbons (Fsp3) is 0.529. The van der Waals surface area contributed by atoms with Gasteiger partial charge in [0.2, 0.25) is 0 Å². The van der Waals surface area contributed by atoms with E-state index in [1.807, 2.05) is 13.0 Å². The van der Waals surface area contributed by atoms with Gasteiger partial charge in [-0.1, -0.05) is 50.3 Å². The van der Waals surface area contributed by atoms with Crippen LogP contribution in [0.1, 0.15) is 31.4 Å². The van der Waals surface area contributed by atoms with E-state index in [-0.39, 0.29) is 0 Å². The monoisotopic (exact) mass is 292 g/mol. The topological polar surface area (TPSA) is 18.5 Å². The first-order valence-electron chi connectivity index (χ1n) is 7.70. The maximum atomic E-state index is 6.13. The van der Waals surface area contributed by atoms with Crippen LogP contribution < -0.4 is 0 Å². The fourth-order valence-electron chi connectivity index (χ4n) is 2.16. The Morgan fingerprint density at radius 1 is 1.10 bits per heavy atom. The predicted octanol–water partition coefficient (Wildman–Crippen LogP) is 4.06.